The quantitative estimate of drug-likeness (QED) is 0.657. The first-order valence-corrected chi connectivity index (χ1v) is 10.5. The van der Waals surface area contributed by atoms with Crippen molar-refractivity contribution in [2.75, 3.05) is 0 Å². The summed E-state index contributed by atoms with van der Waals surface area (Å²) >= 11 is 0. The maximum absolute atomic E-state index is 13.4. The van der Waals surface area contributed by atoms with Crippen molar-refractivity contribution < 1.29 is 4.79 Å². The van der Waals surface area contributed by atoms with Gasteiger partial charge in [-0.2, -0.15) is 15.5 Å². The van der Waals surface area contributed by atoms with Gasteiger partial charge < -0.3 is 0 Å². The van der Waals surface area contributed by atoms with Gasteiger partial charge in [0, 0.05) is 42.5 Å². The standard InChI is InChI=1S/C23H21N7O/c1-15-25-8-18(9-26-15)20-4-5-27-30(20)21(31)23-11-22(12-23,13-23)14-29-19-3-2-16(7-24)6-17(19)10-28-29/h2-3,5-6,8-10,20H,4,11-14H2,1H3. The number of rotatable bonds is 4. The molecule has 3 fully saturated rings. The topological polar surface area (TPSA) is 100 Å². The Morgan fingerprint density at radius 1 is 1.23 bits per heavy atom. The minimum absolute atomic E-state index is 0.109. The lowest BCUT2D eigenvalue weighted by atomic mass is 9.34. The first kappa shape index (κ1) is 18.2. The number of aromatic nitrogens is 4. The highest BCUT2D eigenvalue weighted by Gasteiger charge is 2.72. The van der Waals surface area contributed by atoms with E-state index in [2.05, 4.69) is 26.2 Å². The third-order valence-corrected chi connectivity index (χ3v) is 7.07. The minimum Gasteiger partial charge on any atom is -0.272 e. The average Bonchev–Trinajstić information content (AvgIpc) is 3.36. The van der Waals surface area contributed by atoms with Crippen LogP contribution >= 0.6 is 0 Å². The molecule has 31 heavy (non-hydrogen) atoms. The molecule has 0 radical (unpaired) electrons. The summed E-state index contributed by atoms with van der Waals surface area (Å²) in [5, 5.41) is 20.7. The summed E-state index contributed by atoms with van der Waals surface area (Å²) in [4.78, 5) is 21.9. The first-order valence-electron chi connectivity index (χ1n) is 10.5. The van der Waals surface area contributed by atoms with Gasteiger partial charge in [0.15, 0.2) is 0 Å². The zero-order valence-corrected chi connectivity index (χ0v) is 17.2. The van der Waals surface area contributed by atoms with E-state index >= 15 is 0 Å². The van der Waals surface area contributed by atoms with Crippen molar-refractivity contribution in [2.45, 2.75) is 45.2 Å². The van der Waals surface area contributed by atoms with Crippen molar-refractivity contribution in [1.82, 2.24) is 24.8 Å². The molecule has 0 N–H and O–H groups in total. The van der Waals surface area contributed by atoms with Crippen molar-refractivity contribution in [3.63, 3.8) is 0 Å². The molecule has 2 bridgehead atoms. The molecule has 7 rings (SSSR count). The van der Waals surface area contributed by atoms with E-state index in [1.54, 1.807) is 17.4 Å². The summed E-state index contributed by atoms with van der Waals surface area (Å²) in [6.45, 7) is 2.65. The van der Waals surface area contributed by atoms with Gasteiger partial charge >= 0.3 is 0 Å². The molecule has 8 heteroatoms. The summed E-state index contributed by atoms with van der Waals surface area (Å²) in [5.74, 6) is 0.842. The van der Waals surface area contributed by atoms with E-state index in [0.29, 0.717) is 12.0 Å². The van der Waals surface area contributed by atoms with Crippen LogP contribution in [0, 0.1) is 29.1 Å². The second-order valence-corrected chi connectivity index (χ2v) is 9.26. The second-order valence-electron chi connectivity index (χ2n) is 9.26. The Hall–Kier alpha value is -3.60. The molecule has 3 aromatic rings. The molecule has 0 saturated heterocycles. The van der Waals surface area contributed by atoms with Crippen molar-refractivity contribution in [3.8, 4) is 6.07 Å². The molecular weight excluding hydrogens is 390 g/mol. The summed E-state index contributed by atoms with van der Waals surface area (Å²) in [7, 11) is 0. The molecule has 1 atom stereocenters. The van der Waals surface area contributed by atoms with Crippen LogP contribution in [0.1, 0.15) is 48.7 Å². The molecule has 1 aromatic carbocycles. The third kappa shape index (κ3) is 2.62. The number of carbonyl (C=O) groups excluding carboxylic acids is 1. The van der Waals surface area contributed by atoms with Crippen LogP contribution in [0.25, 0.3) is 10.9 Å². The number of nitrogens with zero attached hydrogens (tertiary/aromatic N) is 7. The van der Waals surface area contributed by atoms with Gasteiger partial charge in [-0.3, -0.25) is 9.48 Å². The van der Waals surface area contributed by atoms with E-state index in [1.807, 2.05) is 42.2 Å². The molecule has 8 nitrogen and oxygen atoms in total. The van der Waals surface area contributed by atoms with E-state index in [1.165, 1.54) is 0 Å². The monoisotopic (exact) mass is 411 g/mol. The summed E-state index contributed by atoms with van der Waals surface area (Å²) in [6, 6.07) is 7.71. The Morgan fingerprint density at radius 2 is 2.00 bits per heavy atom. The smallest absolute Gasteiger partial charge is 0.249 e. The SMILES string of the molecule is Cc1ncc(C2CC=NN2C(=O)C23CC(Cn4ncc5cc(C#N)ccc54)(C2)C3)cn1. The van der Waals surface area contributed by atoms with Crippen molar-refractivity contribution in [3.05, 3.63) is 53.7 Å². The molecule has 4 aliphatic rings. The third-order valence-electron chi connectivity index (χ3n) is 7.07. The molecule has 154 valence electrons. The summed E-state index contributed by atoms with van der Waals surface area (Å²) in [5.41, 5.74) is 2.45. The fraction of sp³-hybridized carbons (Fsp3) is 0.391. The molecule has 2 aromatic heterocycles. The number of fused-ring (bicyclic) bond motifs is 1. The number of aryl methyl sites for hydroxylation is 1. The molecule has 3 aliphatic carbocycles. The van der Waals surface area contributed by atoms with Gasteiger partial charge in [-0.25, -0.2) is 15.0 Å². The zero-order chi connectivity index (χ0) is 21.2. The van der Waals surface area contributed by atoms with E-state index in [-0.39, 0.29) is 22.8 Å². The highest BCUT2D eigenvalue weighted by atomic mass is 16.2. The molecule has 1 amide bonds. The van der Waals surface area contributed by atoms with Crippen LogP contribution in [0.4, 0.5) is 0 Å². The van der Waals surface area contributed by atoms with Gasteiger partial charge in [0.1, 0.15) is 5.82 Å². The van der Waals surface area contributed by atoms with Crippen LogP contribution in [0.2, 0.25) is 0 Å². The van der Waals surface area contributed by atoms with Gasteiger partial charge in [-0.15, -0.1) is 0 Å². The van der Waals surface area contributed by atoms with E-state index in [4.69, 9.17) is 5.26 Å². The summed E-state index contributed by atoms with van der Waals surface area (Å²) in [6.07, 6.45) is 10.5. The normalized spacial score (nSPS) is 28.3. The van der Waals surface area contributed by atoms with Crippen LogP contribution in [0.15, 0.2) is 41.9 Å². The fourth-order valence-electron chi connectivity index (χ4n) is 5.70. The van der Waals surface area contributed by atoms with Crippen LogP contribution < -0.4 is 0 Å². The highest BCUT2D eigenvalue weighted by Crippen LogP contribution is 2.74. The van der Waals surface area contributed by atoms with Gasteiger partial charge in [0.05, 0.1) is 34.8 Å². The Bertz CT molecular complexity index is 1260. The zero-order valence-electron chi connectivity index (χ0n) is 17.2. The van der Waals surface area contributed by atoms with Crippen molar-refractivity contribution in [1.29, 1.82) is 5.26 Å². The Kier molecular flexibility index (Phi) is 3.64. The lowest BCUT2D eigenvalue weighted by Crippen LogP contribution is -2.68. The average molecular weight is 411 g/mol. The van der Waals surface area contributed by atoms with Gasteiger partial charge in [-0.1, -0.05) is 0 Å². The van der Waals surface area contributed by atoms with E-state index in [0.717, 1.165) is 48.1 Å². The van der Waals surface area contributed by atoms with E-state index in [9.17, 15) is 4.79 Å². The number of hydrazone groups is 1. The molecule has 1 unspecified atom stereocenters. The molecule has 3 heterocycles. The highest BCUT2D eigenvalue weighted by molar-refractivity contribution is 5.88. The number of nitriles is 1. The number of benzene rings is 1. The number of hydrogen-bond acceptors (Lipinski definition) is 6. The summed E-state index contributed by atoms with van der Waals surface area (Å²) < 4.78 is 2.02. The van der Waals surface area contributed by atoms with E-state index < -0.39 is 0 Å². The fourth-order valence-corrected chi connectivity index (χ4v) is 5.70. The van der Waals surface area contributed by atoms with Gasteiger partial charge in [0.25, 0.3) is 0 Å². The lowest BCUT2D eigenvalue weighted by molar-refractivity contribution is -0.223. The Labute approximate surface area is 179 Å². The molecular formula is C23H21N7O. The number of amides is 1. The van der Waals surface area contributed by atoms with Gasteiger partial charge in [-0.05, 0) is 49.8 Å². The molecule has 3 saturated carbocycles. The van der Waals surface area contributed by atoms with Crippen LogP contribution in [0.3, 0.4) is 0 Å². The van der Waals surface area contributed by atoms with Gasteiger partial charge in [0.2, 0.25) is 5.91 Å². The van der Waals surface area contributed by atoms with Crippen molar-refractivity contribution in [2.24, 2.45) is 15.9 Å². The first-order chi connectivity index (χ1) is 15.0. The number of hydrogen-bond donors (Lipinski definition) is 0. The minimum atomic E-state index is -0.289. The predicted octanol–water partition coefficient (Wildman–Crippen LogP) is 3.14. The Morgan fingerprint density at radius 3 is 2.74 bits per heavy atom. The molecule has 1 aliphatic heterocycles. The maximum Gasteiger partial charge on any atom is 0.249 e. The van der Waals surface area contributed by atoms with Crippen LogP contribution in [-0.4, -0.2) is 36.9 Å². The number of carbonyl (C=O) groups is 1. The van der Waals surface area contributed by atoms with Crippen LogP contribution in [0.5, 0.6) is 0 Å². The van der Waals surface area contributed by atoms with Crippen LogP contribution in [-0.2, 0) is 11.3 Å². The maximum atomic E-state index is 13.4. The van der Waals surface area contributed by atoms with Crippen molar-refractivity contribution >= 4 is 23.0 Å². The molecule has 0 spiro atoms. The largest absolute Gasteiger partial charge is 0.272 e. The second kappa shape index (κ2) is 6.20. The Balaban J connectivity index is 1.16. The predicted molar refractivity (Wildman–Crippen MR) is 113 cm³/mol. The lowest BCUT2D eigenvalue weighted by Gasteiger charge is -2.69.